The molecule has 0 radical (unpaired) electrons. The number of hydrogen-bond donors (Lipinski definition) is 0. The number of benzene rings is 1. The van der Waals surface area contributed by atoms with Crippen LogP contribution in [0.4, 0.5) is 0 Å². The Labute approximate surface area is 150 Å². The van der Waals surface area contributed by atoms with E-state index < -0.39 is 0 Å². The zero-order valence-corrected chi connectivity index (χ0v) is 15.0. The van der Waals surface area contributed by atoms with Gasteiger partial charge in [0.2, 0.25) is 0 Å². The van der Waals surface area contributed by atoms with E-state index in [2.05, 4.69) is 39.9 Å². The number of hydrogen-bond acceptors (Lipinski definition) is 4. The van der Waals surface area contributed by atoms with Gasteiger partial charge in [0.1, 0.15) is 12.4 Å². The van der Waals surface area contributed by atoms with Gasteiger partial charge in [-0.2, -0.15) is 0 Å². The topological polar surface area (TPSA) is 28.6 Å². The summed E-state index contributed by atoms with van der Waals surface area (Å²) in [5.41, 5.74) is 2.28. The number of nitrogens with zero attached hydrogens (tertiary/aromatic N) is 3. The van der Waals surface area contributed by atoms with Crippen LogP contribution >= 0.6 is 0 Å². The molecule has 1 unspecified atom stereocenters. The molecule has 1 aliphatic heterocycles. The van der Waals surface area contributed by atoms with Crippen molar-refractivity contribution in [1.29, 1.82) is 0 Å². The van der Waals surface area contributed by atoms with Gasteiger partial charge in [0.25, 0.3) is 0 Å². The van der Waals surface area contributed by atoms with Crippen LogP contribution < -0.4 is 4.74 Å². The van der Waals surface area contributed by atoms with Crippen molar-refractivity contribution < 1.29 is 4.74 Å². The summed E-state index contributed by atoms with van der Waals surface area (Å²) >= 11 is 0. The average molecular weight is 337 g/mol. The van der Waals surface area contributed by atoms with E-state index in [1.807, 2.05) is 24.3 Å². The smallest absolute Gasteiger partial charge is 0.130 e. The van der Waals surface area contributed by atoms with E-state index in [4.69, 9.17) is 4.74 Å². The maximum Gasteiger partial charge on any atom is 0.130 e. The molecule has 0 N–H and O–H groups in total. The van der Waals surface area contributed by atoms with Crippen LogP contribution in [0.15, 0.2) is 48.7 Å². The third-order valence-electron chi connectivity index (χ3n) is 5.26. The minimum Gasteiger partial charge on any atom is -0.487 e. The first-order valence-corrected chi connectivity index (χ1v) is 9.38. The number of rotatable bonds is 6. The molecule has 2 aliphatic rings. The molecule has 1 aromatic heterocycles. The molecule has 1 atom stereocenters. The molecule has 0 spiro atoms. The van der Waals surface area contributed by atoms with Crippen LogP contribution in [-0.4, -0.2) is 46.5 Å². The lowest BCUT2D eigenvalue weighted by Gasteiger charge is -2.40. The Balaban J connectivity index is 1.33. The minimum atomic E-state index is 0.515. The molecule has 4 rings (SSSR count). The molecule has 0 bridgehead atoms. The van der Waals surface area contributed by atoms with Crippen LogP contribution in [0.1, 0.15) is 31.0 Å². The normalized spacial score (nSPS) is 22.0. The van der Waals surface area contributed by atoms with E-state index in [9.17, 15) is 0 Å². The average Bonchev–Trinajstić information content (AvgIpc) is 3.48. The molecule has 1 aliphatic carbocycles. The van der Waals surface area contributed by atoms with Crippen molar-refractivity contribution >= 4 is 0 Å². The van der Waals surface area contributed by atoms with Crippen LogP contribution in [0.5, 0.6) is 5.75 Å². The van der Waals surface area contributed by atoms with Crippen molar-refractivity contribution in [1.82, 2.24) is 14.8 Å². The SMILES string of the molecule is CC1CN(C2CC2)CCN1Cc1cccc(OCc2ccccn2)c1. The van der Waals surface area contributed by atoms with Crippen molar-refractivity contribution in [2.24, 2.45) is 0 Å². The first-order valence-electron chi connectivity index (χ1n) is 9.38. The molecule has 1 saturated carbocycles. The van der Waals surface area contributed by atoms with Gasteiger partial charge in [-0.05, 0) is 49.6 Å². The molecule has 2 heterocycles. The Morgan fingerprint density at radius 1 is 1.12 bits per heavy atom. The first-order chi connectivity index (χ1) is 12.3. The molecule has 2 aromatic rings. The van der Waals surface area contributed by atoms with Crippen LogP contribution in [-0.2, 0) is 13.2 Å². The first kappa shape index (κ1) is 16.6. The maximum atomic E-state index is 5.92. The van der Waals surface area contributed by atoms with Crippen LogP contribution in [0.3, 0.4) is 0 Å². The van der Waals surface area contributed by atoms with Crippen molar-refractivity contribution in [3.63, 3.8) is 0 Å². The lowest BCUT2D eigenvalue weighted by atomic mass is 10.1. The van der Waals surface area contributed by atoms with Crippen molar-refractivity contribution in [3.05, 3.63) is 59.9 Å². The molecular formula is C21H27N3O. The monoisotopic (exact) mass is 337 g/mol. The van der Waals surface area contributed by atoms with Gasteiger partial charge >= 0.3 is 0 Å². The van der Waals surface area contributed by atoms with Gasteiger partial charge in [0.15, 0.2) is 0 Å². The lowest BCUT2D eigenvalue weighted by molar-refractivity contribution is 0.0729. The van der Waals surface area contributed by atoms with Crippen LogP contribution in [0.25, 0.3) is 0 Å². The third-order valence-corrected chi connectivity index (χ3v) is 5.26. The summed E-state index contributed by atoms with van der Waals surface area (Å²) in [5, 5.41) is 0. The van der Waals surface area contributed by atoms with Crippen molar-refractivity contribution in [2.45, 2.75) is 45.0 Å². The summed E-state index contributed by atoms with van der Waals surface area (Å²) < 4.78 is 5.92. The largest absolute Gasteiger partial charge is 0.487 e. The molecule has 1 saturated heterocycles. The highest BCUT2D eigenvalue weighted by molar-refractivity contribution is 5.28. The summed E-state index contributed by atoms with van der Waals surface area (Å²) in [6, 6.07) is 15.9. The predicted molar refractivity (Wildman–Crippen MR) is 99.5 cm³/mol. The van der Waals surface area contributed by atoms with E-state index >= 15 is 0 Å². The third kappa shape index (κ3) is 4.39. The molecule has 4 heteroatoms. The van der Waals surface area contributed by atoms with Crippen LogP contribution in [0.2, 0.25) is 0 Å². The molecule has 2 fully saturated rings. The Morgan fingerprint density at radius 2 is 2.04 bits per heavy atom. The fourth-order valence-electron chi connectivity index (χ4n) is 3.64. The van der Waals surface area contributed by atoms with Gasteiger partial charge < -0.3 is 4.74 Å². The molecule has 132 valence electrons. The van der Waals surface area contributed by atoms with E-state index in [0.717, 1.165) is 30.6 Å². The second kappa shape index (κ2) is 7.54. The summed E-state index contributed by atoms with van der Waals surface area (Å²) in [5.74, 6) is 0.924. The van der Waals surface area contributed by atoms with Crippen molar-refractivity contribution in [2.75, 3.05) is 19.6 Å². The highest BCUT2D eigenvalue weighted by atomic mass is 16.5. The summed E-state index contributed by atoms with van der Waals surface area (Å²) in [6.07, 6.45) is 4.61. The summed E-state index contributed by atoms with van der Waals surface area (Å²) in [6.45, 7) is 7.46. The van der Waals surface area contributed by atoms with Gasteiger partial charge in [0, 0.05) is 44.5 Å². The molecule has 0 amide bonds. The van der Waals surface area contributed by atoms with E-state index in [-0.39, 0.29) is 0 Å². The molecule has 1 aromatic carbocycles. The predicted octanol–water partition coefficient (Wildman–Crippen LogP) is 3.33. The summed E-state index contributed by atoms with van der Waals surface area (Å²) in [7, 11) is 0. The Bertz CT molecular complexity index is 687. The fourth-order valence-corrected chi connectivity index (χ4v) is 3.64. The minimum absolute atomic E-state index is 0.515. The van der Waals surface area contributed by atoms with E-state index in [1.54, 1.807) is 6.20 Å². The standard InChI is InChI=1S/C21H27N3O/c1-17-14-24(20-8-9-20)12-11-23(17)15-18-5-4-7-21(13-18)25-16-19-6-2-3-10-22-19/h2-7,10,13,17,20H,8-9,11-12,14-16H2,1H3. The Kier molecular flexibility index (Phi) is 4.99. The summed E-state index contributed by atoms with van der Waals surface area (Å²) in [4.78, 5) is 9.58. The molecular weight excluding hydrogens is 310 g/mol. The number of pyridine rings is 1. The maximum absolute atomic E-state index is 5.92. The number of ether oxygens (including phenoxy) is 1. The fraction of sp³-hybridized carbons (Fsp3) is 0.476. The van der Waals surface area contributed by atoms with Gasteiger partial charge in [-0.3, -0.25) is 14.8 Å². The van der Waals surface area contributed by atoms with Crippen molar-refractivity contribution in [3.8, 4) is 5.75 Å². The number of piperazine rings is 1. The van der Waals surface area contributed by atoms with Crippen LogP contribution in [0, 0.1) is 0 Å². The Morgan fingerprint density at radius 3 is 2.80 bits per heavy atom. The zero-order valence-electron chi connectivity index (χ0n) is 15.0. The molecule has 4 nitrogen and oxygen atoms in total. The second-order valence-electron chi connectivity index (χ2n) is 7.30. The number of aromatic nitrogens is 1. The molecule has 25 heavy (non-hydrogen) atoms. The van der Waals surface area contributed by atoms with Gasteiger partial charge in [-0.25, -0.2) is 0 Å². The van der Waals surface area contributed by atoms with E-state index in [1.165, 1.54) is 31.5 Å². The van der Waals surface area contributed by atoms with E-state index in [0.29, 0.717) is 12.6 Å². The van der Waals surface area contributed by atoms with Gasteiger partial charge in [-0.15, -0.1) is 0 Å². The highest BCUT2D eigenvalue weighted by Gasteiger charge is 2.33. The highest BCUT2D eigenvalue weighted by Crippen LogP contribution is 2.29. The second-order valence-corrected chi connectivity index (χ2v) is 7.30. The van der Waals surface area contributed by atoms with Gasteiger partial charge in [-0.1, -0.05) is 18.2 Å². The lowest BCUT2D eigenvalue weighted by Crippen LogP contribution is -2.51. The Hall–Kier alpha value is -1.91. The zero-order chi connectivity index (χ0) is 17.1. The van der Waals surface area contributed by atoms with Gasteiger partial charge in [0.05, 0.1) is 5.69 Å². The quantitative estimate of drug-likeness (QED) is 0.808.